The minimum absolute atomic E-state index is 0.0260. The van der Waals surface area contributed by atoms with E-state index in [1.54, 1.807) is 35.2 Å². The lowest BCUT2D eigenvalue weighted by Gasteiger charge is -2.19. The number of halogens is 1. The van der Waals surface area contributed by atoms with E-state index in [0.29, 0.717) is 34.9 Å². The molecule has 1 fully saturated rings. The molecule has 0 unspecified atom stereocenters. The minimum atomic E-state index is -0.232. The summed E-state index contributed by atoms with van der Waals surface area (Å²) in [7, 11) is 0. The van der Waals surface area contributed by atoms with Crippen molar-refractivity contribution in [1.82, 2.24) is 5.32 Å². The largest absolute Gasteiger partial charge is 0.352 e. The molecule has 0 radical (unpaired) electrons. The van der Waals surface area contributed by atoms with Crippen molar-refractivity contribution < 1.29 is 14.4 Å². The predicted octanol–water partition coefficient (Wildman–Crippen LogP) is 4.52. The standard InChI is InChI=1S/C24H28ClN3O3/c1-24(2,3)17-8-6-16(7-9-17)23(31)26-13-12-21(29)27-18-10-11-20(19(25)15-18)28-14-4-5-22(28)30/h6-11,15H,4-5,12-14H2,1-3H3,(H,26,31)(H,27,29). The third kappa shape index (κ3) is 5.85. The van der Waals surface area contributed by atoms with E-state index in [1.165, 1.54) is 0 Å². The van der Waals surface area contributed by atoms with Gasteiger partial charge < -0.3 is 15.5 Å². The number of benzene rings is 2. The molecule has 1 saturated heterocycles. The zero-order chi connectivity index (χ0) is 22.6. The summed E-state index contributed by atoms with van der Waals surface area (Å²) in [5, 5.41) is 5.95. The highest BCUT2D eigenvalue weighted by molar-refractivity contribution is 6.34. The summed E-state index contributed by atoms with van der Waals surface area (Å²) in [4.78, 5) is 38.1. The van der Waals surface area contributed by atoms with Gasteiger partial charge in [-0.05, 0) is 47.7 Å². The molecule has 0 aromatic heterocycles. The molecule has 1 aliphatic rings. The number of rotatable bonds is 6. The Hall–Kier alpha value is -2.86. The third-order valence-corrected chi connectivity index (χ3v) is 5.55. The van der Waals surface area contributed by atoms with E-state index in [4.69, 9.17) is 11.6 Å². The summed E-state index contributed by atoms with van der Waals surface area (Å²) in [6.45, 7) is 7.23. The van der Waals surface area contributed by atoms with Crippen molar-refractivity contribution in [3.63, 3.8) is 0 Å². The summed E-state index contributed by atoms with van der Waals surface area (Å²) >= 11 is 6.31. The first-order valence-electron chi connectivity index (χ1n) is 10.4. The van der Waals surface area contributed by atoms with Gasteiger partial charge in [0.25, 0.3) is 5.91 Å². The van der Waals surface area contributed by atoms with Gasteiger partial charge in [-0.3, -0.25) is 14.4 Å². The Labute approximate surface area is 188 Å². The Bertz CT molecular complexity index is 981. The number of nitrogens with one attached hydrogen (secondary N) is 2. The number of nitrogens with zero attached hydrogens (tertiary/aromatic N) is 1. The third-order valence-electron chi connectivity index (χ3n) is 5.25. The van der Waals surface area contributed by atoms with E-state index >= 15 is 0 Å². The first kappa shape index (κ1) is 22.8. The van der Waals surface area contributed by atoms with Crippen molar-refractivity contribution >= 4 is 40.7 Å². The van der Waals surface area contributed by atoms with Gasteiger partial charge in [0.05, 0.1) is 10.7 Å². The maximum absolute atomic E-state index is 12.3. The van der Waals surface area contributed by atoms with Crippen molar-refractivity contribution in [1.29, 1.82) is 0 Å². The fourth-order valence-corrected chi connectivity index (χ4v) is 3.73. The zero-order valence-corrected chi connectivity index (χ0v) is 18.9. The maximum atomic E-state index is 12.3. The Morgan fingerprint density at radius 3 is 2.39 bits per heavy atom. The number of hydrogen-bond donors (Lipinski definition) is 2. The highest BCUT2D eigenvalue weighted by Crippen LogP contribution is 2.31. The lowest BCUT2D eigenvalue weighted by molar-refractivity contribution is -0.117. The molecular weight excluding hydrogens is 414 g/mol. The molecule has 2 N–H and O–H groups in total. The normalized spacial score (nSPS) is 13.9. The molecule has 0 atom stereocenters. The van der Waals surface area contributed by atoms with E-state index in [1.807, 2.05) is 12.1 Å². The molecule has 3 amide bonds. The quantitative estimate of drug-likeness (QED) is 0.691. The summed E-state index contributed by atoms with van der Waals surface area (Å²) in [6, 6.07) is 12.6. The molecule has 7 heteroatoms. The van der Waals surface area contributed by atoms with Crippen molar-refractivity contribution in [3.8, 4) is 0 Å². The molecule has 1 heterocycles. The Kier molecular flexibility index (Phi) is 7.01. The van der Waals surface area contributed by atoms with Gasteiger partial charge in [-0.25, -0.2) is 0 Å². The van der Waals surface area contributed by atoms with Crippen molar-refractivity contribution in [2.45, 2.75) is 45.4 Å². The van der Waals surface area contributed by atoms with Crippen LogP contribution in [0.15, 0.2) is 42.5 Å². The first-order valence-corrected chi connectivity index (χ1v) is 10.8. The molecule has 0 bridgehead atoms. The van der Waals surface area contributed by atoms with Crippen LogP contribution in [0.5, 0.6) is 0 Å². The Morgan fingerprint density at radius 1 is 1.10 bits per heavy atom. The second-order valence-electron chi connectivity index (χ2n) is 8.70. The molecule has 2 aromatic rings. The molecule has 0 aliphatic carbocycles. The van der Waals surface area contributed by atoms with Crippen LogP contribution < -0.4 is 15.5 Å². The van der Waals surface area contributed by atoms with Gasteiger partial charge in [-0.15, -0.1) is 0 Å². The van der Waals surface area contributed by atoms with Crippen LogP contribution in [0.2, 0.25) is 5.02 Å². The highest BCUT2D eigenvalue weighted by Gasteiger charge is 2.23. The SMILES string of the molecule is CC(C)(C)c1ccc(C(=O)NCCC(=O)Nc2ccc(N3CCCC3=O)c(Cl)c2)cc1. The van der Waals surface area contributed by atoms with Crippen LogP contribution in [-0.4, -0.2) is 30.8 Å². The molecule has 31 heavy (non-hydrogen) atoms. The van der Waals surface area contributed by atoms with Gasteiger partial charge in [0, 0.05) is 37.2 Å². The van der Waals surface area contributed by atoms with Crippen molar-refractivity contribution in [3.05, 3.63) is 58.6 Å². The fourth-order valence-electron chi connectivity index (χ4n) is 3.44. The van der Waals surface area contributed by atoms with Crippen LogP contribution in [0.3, 0.4) is 0 Å². The van der Waals surface area contributed by atoms with E-state index < -0.39 is 0 Å². The zero-order valence-electron chi connectivity index (χ0n) is 18.1. The summed E-state index contributed by atoms with van der Waals surface area (Å²) in [5.41, 5.74) is 2.95. The van der Waals surface area contributed by atoms with Crippen LogP contribution in [0.4, 0.5) is 11.4 Å². The Balaban J connectivity index is 1.48. The maximum Gasteiger partial charge on any atom is 0.251 e. The number of carbonyl (C=O) groups is 3. The van der Waals surface area contributed by atoms with Gasteiger partial charge in [-0.2, -0.15) is 0 Å². The first-order chi connectivity index (χ1) is 14.6. The second-order valence-corrected chi connectivity index (χ2v) is 9.10. The van der Waals surface area contributed by atoms with Gasteiger partial charge in [0.1, 0.15) is 0 Å². The van der Waals surface area contributed by atoms with E-state index in [-0.39, 0.29) is 36.1 Å². The number of hydrogen-bond acceptors (Lipinski definition) is 3. The average Bonchev–Trinajstić information content (AvgIpc) is 3.13. The van der Waals surface area contributed by atoms with Crippen molar-refractivity contribution in [2.24, 2.45) is 0 Å². The van der Waals surface area contributed by atoms with Crippen LogP contribution in [0.1, 0.15) is 56.0 Å². The number of amides is 3. The van der Waals surface area contributed by atoms with Gasteiger partial charge in [0.2, 0.25) is 11.8 Å². The smallest absolute Gasteiger partial charge is 0.251 e. The monoisotopic (exact) mass is 441 g/mol. The van der Waals surface area contributed by atoms with E-state index in [9.17, 15) is 14.4 Å². The second kappa shape index (κ2) is 9.52. The minimum Gasteiger partial charge on any atom is -0.352 e. The summed E-state index contributed by atoms with van der Waals surface area (Å²) < 4.78 is 0. The molecule has 6 nitrogen and oxygen atoms in total. The van der Waals surface area contributed by atoms with E-state index in [0.717, 1.165) is 12.0 Å². The number of anilines is 2. The lowest BCUT2D eigenvalue weighted by Crippen LogP contribution is -2.27. The molecule has 2 aromatic carbocycles. The molecule has 3 rings (SSSR count). The van der Waals surface area contributed by atoms with Gasteiger partial charge >= 0.3 is 0 Å². The number of carbonyl (C=O) groups excluding carboxylic acids is 3. The lowest BCUT2D eigenvalue weighted by atomic mass is 9.87. The summed E-state index contributed by atoms with van der Waals surface area (Å²) in [6.07, 6.45) is 1.48. The van der Waals surface area contributed by atoms with Crippen LogP contribution >= 0.6 is 11.6 Å². The van der Waals surface area contributed by atoms with Gasteiger partial charge in [0.15, 0.2) is 0 Å². The summed E-state index contributed by atoms with van der Waals surface area (Å²) in [5.74, 6) is -0.386. The molecule has 164 valence electrons. The van der Waals surface area contributed by atoms with Crippen molar-refractivity contribution in [2.75, 3.05) is 23.3 Å². The molecule has 0 spiro atoms. The molecular formula is C24H28ClN3O3. The highest BCUT2D eigenvalue weighted by atomic mass is 35.5. The fraction of sp³-hybridized carbons (Fsp3) is 0.375. The Morgan fingerprint density at radius 2 is 1.81 bits per heavy atom. The predicted molar refractivity (Wildman–Crippen MR) is 124 cm³/mol. The van der Waals surface area contributed by atoms with Crippen LogP contribution in [0, 0.1) is 0 Å². The van der Waals surface area contributed by atoms with E-state index in [2.05, 4.69) is 31.4 Å². The molecule has 0 saturated carbocycles. The average molecular weight is 442 g/mol. The van der Waals surface area contributed by atoms with Crippen LogP contribution in [-0.2, 0) is 15.0 Å². The van der Waals surface area contributed by atoms with Crippen LogP contribution in [0.25, 0.3) is 0 Å². The van der Waals surface area contributed by atoms with Gasteiger partial charge in [-0.1, -0.05) is 44.5 Å². The molecule has 1 aliphatic heterocycles. The topological polar surface area (TPSA) is 78.5 Å².